The normalized spacial score (nSPS) is 26.1. The van der Waals surface area contributed by atoms with Gasteiger partial charge in [-0.3, -0.25) is 4.99 Å². The van der Waals surface area contributed by atoms with Crippen molar-refractivity contribution in [1.29, 1.82) is 0 Å². The lowest BCUT2D eigenvalue weighted by Gasteiger charge is -2.29. The summed E-state index contributed by atoms with van der Waals surface area (Å²) in [5, 5.41) is 6.80. The average Bonchev–Trinajstić information content (AvgIpc) is 3.14. The summed E-state index contributed by atoms with van der Waals surface area (Å²) in [6.07, 6.45) is 4.64. The van der Waals surface area contributed by atoms with Crippen molar-refractivity contribution < 1.29 is 14.3 Å². The van der Waals surface area contributed by atoms with Crippen LogP contribution < -0.4 is 10.6 Å². The van der Waals surface area contributed by atoms with Crippen LogP contribution in [0.2, 0.25) is 0 Å². The molecule has 7 nitrogen and oxygen atoms in total. The Balaban J connectivity index is 0.00000338. The Labute approximate surface area is 174 Å². The fourth-order valence-electron chi connectivity index (χ4n) is 3.27. The minimum atomic E-state index is -0.474. The third-order valence-corrected chi connectivity index (χ3v) is 4.85. The number of nitrogens with zero attached hydrogens (tertiary/aromatic N) is 2. The molecule has 4 atom stereocenters. The maximum atomic E-state index is 12.1. The van der Waals surface area contributed by atoms with Crippen molar-refractivity contribution >= 4 is 36.0 Å². The Kier molecular flexibility index (Phi) is 8.92. The Morgan fingerprint density at radius 1 is 1.38 bits per heavy atom. The van der Waals surface area contributed by atoms with Gasteiger partial charge in [-0.1, -0.05) is 0 Å². The topological polar surface area (TPSA) is 75.2 Å². The summed E-state index contributed by atoms with van der Waals surface area (Å²) < 4.78 is 11.3. The minimum absolute atomic E-state index is 0. The number of carbonyl (C=O) groups is 1. The molecule has 152 valence electrons. The highest BCUT2D eigenvalue weighted by atomic mass is 127. The van der Waals surface area contributed by atoms with Gasteiger partial charge in [0, 0.05) is 26.7 Å². The zero-order valence-corrected chi connectivity index (χ0v) is 19.2. The van der Waals surface area contributed by atoms with E-state index in [1.54, 1.807) is 19.0 Å². The summed E-state index contributed by atoms with van der Waals surface area (Å²) in [6, 6.07) is 0.429. The molecule has 1 amide bonds. The molecule has 0 aromatic heterocycles. The van der Waals surface area contributed by atoms with E-state index in [1.807, 2.05) is 27.7 Å². The van der Waals surface area contributed by atoms with Crippen LogP contribution in [0.1, 0.15) is 53.4 Å². The average molecular weight is 482 g/mol. The van der Waals surface area contributed by atoms with E-state index >= 15 is 0 Å². The monoisotopic (exact) mass is 482 g/mol. The van der Waals surface area contributed by atoms with Crippen LogP contribution in [0, 0.1) is 0 Å². The Morgan fingerprint density at radius 3 is 2.58 bits per heavy atom. The summed E-state index contributed by atoms with van der Waals surface area (Å²) in [4.78, 5) is 18.0. The quantitative estimate of drug-likeness (QED) is 0.358. The second kappa shape index (κ2) is 9.96. The molecule has 2 aliphatic rings. The van der Waals surface area contributed by atoms with E-state index in [2.05, 4.69) is 15.6 Å². The molecule has 2 N–H and O–H groups in total. The third kappa shape index (κ3) is 6.75. The number of halogens is 1. The molecule has 2 fully saturated rings. The highest BCUT2D eigenvalue weighted by Crippen LogP contribution is 2.34. The van der Waals surface area contributed by atoms with Crippen LogP contribution in [0.25, 0.3) is 0 Å². The summed E-state index contributed by atoms with van der Waals surface area (Å²) in [7, 11) is 3.55. The van der Waals surface area contributed by atoms with Crippen LogP contribution in [0.15, 0.2) is 4.99 Å². The van der Waals surface area contributed by atoms with Gasteiger partial charge < -0.3 is 25.0 Å². The number of aliphatic imine (C=N–C) groups is 1. The molecule has 0 spiro atoms. The first-order chi connectivity index (χ1) is 11.7. The van der Waals surface area contributed by atoms with Gasteiger partial charge in [0.25, 0.3) is 0 Å². The van der Waals surface area contributed by atoms with Crippen molar-refractivity contribution in [3.8, 4) is 0 Å². The molecule has 0 aromatic carbocycles. The van der Waals surface area contributed by atoms with Crippen molar-refractivity contribution in [2.45, 2.75) is 83.3 Å². The Hall–Kier alpha value is -0.770. The van der Waals surface area contributed by atoms with Crippen molar-refractivity contribution in [2.24, 2.45) is 4.99 Å². The maximum absolute atomic E-state index is 12.1. The summed E-state index contributed by atoms with van der Waals surface area (Å²) in [5.74, 6) is 0.799. The van der Waals surface area contributed by atoms with Crippen molar-refractivity contribution in [3.63, 3.8) is 0 Å². The zero-order chi connectivity index (χ0) is 18.6. The van der Waals surface area contributed by atoms with Gasteiger partial charge in [-0.05, 0) is 53.4 Å². The van der Waals surface area contributed by atoms with Crippen LogP contribution in [0.3, 0.4) is 0 Å². The third-order valence-electron chi connectivity index (χ3n) is 4.85. The van der Waals surface area contributed by atoms with E-state index in [1.165, 1.54) is 6.42 Å². The first-order valence-corrected chi connectivity index (χ1v) is 9.28. The lowest BCUT2D eigenvalue weighted by Crippen LogP contribution is -2.48. The van der Waals surface area contributed by atoms with Crippen LogP contribution in [0.4, 0.5) is 4.79 Å². The molecule has 2 rings (SSSR count). The number of rotatable bonds is 5. The highest BCUT2D eigenvalue weighted by molar-refractivity contribution is 14.0. The van der Waals surface area contributed by atoms with Crippen molar-refractivity contribution in [1.82, 2.24) is 15.5 Å². The SMILES string of the molecule is CN=C(NCCC(C)N(C)C(=O)OC(C)(C)C)NC1CC2CCC1O2.I. The lowest BCUT2D eigenvalue weighted by atomic mass is 9.96. The number of hydrogen-bond acceptors (Lipinski definition) is 4. The fraction of sp³-hybridized carbons (Fsp3) is 0.889. The van der Waals surface area contributed by atoms with Gasteiger partial charge in [0.2, 0.25) is 0 Å². The van der Waals surface area contributed by atoms with E-state index in [9.17, 15) is 4.79 Å². The molecule has 0 aromatic rings. The molecule has 2 saturated heterocycles. The van der Waals surface area contributed by atoms with Crippen molar-refractivity contribution in [3.05, 3.63) is 0 Å². The molecule has 0 aliphatic carbocycles. The number of ether oxygens (including phenoxy) is 2. The standard InChI is InChI=1S/C18H34N4O3.HI/c1-12(22(6)17(23)25-18(2,3)4)9-10-20-16(19-5)21-14-11-13-7-8-15(14)24-13;/h12-15H,7-11H2,1-6H3,(H2,19,20,21);1H. The minimum Gasteiger partial charge on any atom is -0.444 e. The molecular formula is C18H35IN4O3. The first-order valence-electron chi connectivity index (χ1n) is 9.28. The molecule has 0 saturated carbocycles. The van der Waals surface area contributed by atoms with Gasteiger partial charge in [0.1, 0.15) is 5.60 Å². The number of fused-ring (bicyclic) bond motifs is 2. The van der Waals surface area contributed by atoms with E-state index in [4.69, 9.17) is 9.47 Å². The summed E-state index contributed by atoms with van der Waals surface area (Å²) in [6.45, 7) is 8.38. The first kappa shape index (κ1) is 23.3. The van der Waals surface area contributed by atoms with E-state index in [0.717, 1.165) is 31.8 Å². The number of carbonyl (C=O) groups excluding carboxylic acids is 1. The summed E-state index contributed by atoms with van der Waals surface area (Å²) >= 11 is 0. The number of guanidine groups is 1. The fourth-order valence-corrected chi connectivity index (χ4v) is 3.27. The van der Waals surface area contributed by atoms with Gasteiger partial charge in [0.05, 0.1) is 18.2 Å². The zero-order valence-electron chi connectivity index (χ0n) is 16.9. The molecule has 2 bridgehead atoms. The molecule has 2 heterocycles. The van der Waals surface area contributed by atoms with Gasteiger partial charge in [-0.2, -0.15) is 0 Å². The van der Waals surface area contributed by atoms with Gasteiger partial charge in [0.15, 0.2) is 5.96 Å². The number of amides is 1. The molecule has 26 heavy (non-hydrogen) atoms. The summed E-state index contributed by atoms with van der Waals surface area (Å²) in [5.41, 5.74) is -0.474. The van der Waals surface area contributed by atoms with Gasteiger partial charge >= 0.3 is 6.09 Å². The predicted molar refractivity (Wildman–Crippen MR) is 114 cm³/mol. The van der Waals surface area contributed by atoms with Gasteiger partial charge in [-0.25, -0.2) is 4.79 Å². The Bertz CT molecular complexity index is 495. The molecule has 4 unspecified atom stereocenters. The van der Waals surface area contributed by atoms with Crippen LogP contribution >= 0.6 is 24.0 Å². The van der Waals surface area contributed by atoms with E-state index in [-0.39, 0.29) is 36.1 Å². The smallest absolute Gasteiger partial charge is 0.410 e. The van der Waals surface area contributed by atoms with E-state index < -0.39 is 5.60 Å². The second-order valence-corrected chi connectivity index (χ2v) is 8.09. The van der Waals surface area contributed by atoms with Gasteiger partial charge in [-0.15, -0.1) is 24.0 Å². The van der Waals surface area contributed by atoms with E-state index in [0.29, 0.717) is 18.2 Å². The molecule has 2 aliphatic heterocycles. The van der Waals surface area contributed by atoms with Crippen LogP contribution in [-0.4, -0.2) is 67.5 Å². The maximum Gasteiger partial charge on any atom is 0.410 e. The lowest BCUT2D eigenvalue weighted by molar-refractivity contribution is 0.0230. The number of hydrogen-bond donors (Lipinski definition) is 2. The van der Waals surface area contributed by atoms with Crippen LogP contribution in [-0.2, 0) is 9.47 Å². The van der Waals surface area contributed by atoms with Crippen LogP contribution in [0.5, 0.6) is 0 Å². The molecular weight excluding hydrogens is 447 g/mol. The highest BCUT2D eigenvalue weighted by Gasteiger charge is 2.41. The molecule has 8 heteroatoms. The second-order valence-electron chi connectivity index (χ2n) is 8.09. The largest absolute Gasteiger partial charge is 0.444 e. The predicted octanol–water partition coefficient (Wildman–Crippen LogP) is 2.73. The molecule has 0 radical (unpaired) electrons. The Morgan fingerprint density at radius 2 is 2.08 bits per heavy atom. The number of nitrogens with one attached hydrogen (secondary N) is 2. The van der Waals surface area contributed by atoms with Crippen molar-refractivity contribution in [2.75, 3.05) is 20.6 Å².